The third-order valence-corrected chi connectivity index (χ3v) is 3.16. The van der Waals surface area contributed by atoms with Gasteiger partial charge >= 0.3 is 0 Å². The predicted octanol–water partition coefficient (Wildman–Crippen LogP) is 1.09. The normalized spacial score (nSPS) is 10.9. The molecule has 0 bridgehead atoms. The van der Waals surface area contributed by atoms with Gasteiger partial charge in [-0.1, -0.05) is 12.1 Å². The van der Waals surface area contributed by atoms with E-state index in [1.54, 1.807) is 20.9 Å². The second kappa shape index (κ2) is 6.93. The zero-order valence-electron chi connectivity index (χ0n) is 12.3. The van der Waals surface area contributed by atoms with Crippen molar-refractivity contribution in [1.29, 1.82) is 0 Å². The minimum atomic E-state index is -0.610. The van der Waals surface area contributed by atoms with Gasteiger partial charge in [0.15, 0.2) is 0 Å². The summed E-state index contributed by atoms with van der Waals surface area (Å²) in [5.41, 5.74) is 6.81. The molecule has 0 aliphatic carbocycles. The minimum absolute atomic E-state index is 0.0654. The molecule has 0 radical (unpaired) electrons. The van der Waals surface area contributed by atoms with Gasteiger partial charge in [-0.05, 0) is 38.0 Å². The van der Waals surface area contributed by atoms with E-state index in [9.17, 15) is 9.59 Å². The molecule has 0 fully saturated rings. The molecule has 0 aliphatic rings. The number of benzene rings is 1. The van der Waals surface area contributed by atoms with E-state index in [4.69, 9.17) is 5.73 Å². The van der Waals surface area contributed by atoms with Crippen molar-refractivity contribution in [2.75, 3.05) is 19.3 Å². The highest BCUT2D eigenvalue weighted by Gasteiger charge is 2.26. The van der Waals surface area contributed by atoms with E-state index in [1.807, 2.05) is 24.3 Å². The highest BCUT2D eigenvalue weighted by atomic mass is 16.2. The fourth-order valence-electron chi connectivity index (χ4n) is 1.83. The first-order chi connectivity index (χ1) is 9.35. The van der Waals surface area contributed by atoms with Gasteiger partial charge in [-0.15, -0.1) is 0 Å². The van der Waals surface area contributed by atoms with Crippen LogP contribution < -0.4 is 16.4 Å². The maximum absolute atomic E-state index is 11.8. The predicted molar refractivity (Wildman–Crippen MR) is 80.0 cm³/mol. The number of aryl methyl sites for hydroxylation is 1. The number of amides is 2. The Morgan fingerprint density at radius 2 is 2.00 bits per heavy atom. The van der Waals surface area contributed by atoms with Gasteiger partial charge in [-0.2, -0.15) is 0 Å². The molecular weight excluding hydrogens is 254 g/mol. The van der Waals surface area contributed by atoms with Crippen molar-refractivity contribution < 1.29 is 9.59 Å². The number of carbonyl (C=O) groups is 2. The first kappa shape index (κ1) is 16.0. The minimum Gasteiger partial charge on any atom is -0.399 e. The fourth-order valence-corrected chi connectivity index (χ4v) is 1.83. The topological polar surface area (TPSA) is 84.2 Å². The highest BCUT2D eigenvalue weighted by Crippen LogP contribution is 2.13. The van der Waals surface area contributed by atoms with Crippen molar-refractivity contribution in [3.05, 3.63) is 29.8 Å². The summed E-state index contributed by atoms with van der Waals surface area (Å²) in [7, 11) is 1.59. The van der Waals surface area contributed by atoms with Crippen LogP contribution in [-0.2, 0) is 16.0 Å². The lowest BCUT2D eigenvalue weighted by atomic mass is 9.92. The summed E-state index contributed by atoms with van der Waals surface area (Å²) < 4.78 is 0. The molecule has 4 N–H and O–H groups in total. The van der Waals surface area contributed by atoms with Gasteiger partial charge in [0, 0.05) is 25.7 Å². The molecule has 0 saturated heterocycles. The Morgan fingerprint density at radius 3 is 2.60 bits per heavy atom. The standard InChI is InChI=1S/C15H23N3O2/c1-15(2,14(20)17-3)10-18-13(19)8-7-11-5-4-6-12(16)9-11/h4-6,9H,7-8,10,16H2,1-3H3,(H,17,20)(H,18,19). The van der Waals surface area contributed by atoms with Crippen LogP contribution in [0, 0.1) is 5.41 Å². The number of hydrogen-bond donors (Lipinski definition) is 3. The summed E-state index contributed by atoms with van der Waals surface area (Å²) in [6.07, 6.45) is 1.02. The molecule has 20 heavy (non-hydrogen) atoms. The van der Waals surface area contributed by atoms with Crippen LogP contribution in [0.2, 0.25) is 0 Å². The Hall–Kier alpha value is -2.04. The van der Waals surface area contributed by atoms with Crippen molar-refractivity contribution in [2.24, 2.45) is 5.41 Å². The van der Waals surface area contributed by atoms with Crippen molar-refractivity contribution >= 4 is 17.5 Å². The average molecular weight is 277 g/mol. The number of nitrogens with one attached hydrogen (secondary N) is 2. The lowest BCUT2D eigenvalue weighted by Crippen LogP contribution is -2.43. The second-order valence-corrected chi connectivity index (χ2v) is 5.48. The smallest absolute Gasteiger partial charge is 0.227 e. The van der Waals surface area contributed by atoms with Crippen molar-refractivity contribution in [2.45, 2.75) is 26.7 Å². The summed E-state index contributed by atoms with van der Waals surface area (Å²) >= 11 is 0. The molecule has 110 valence electrons. The van der Waals surface area contributed by atoms with Crippen LogP contribution in [0.15, 0.2) is 24.3 Å². The van der Waals surface area contributed by atoms with E-state index in [-0.39, 0.29) is 11.8 Å². The first-order valence-electron chi connectivity index (χ1n) is 6.68. The zero-order valence-corrected chi connectivity index (χ0v) is 12.3. The Labute approximate surface area is 119 Å². The van der Waals surface area contributed by atoms with E-state index in [0.29, 0.717) is 25.1 Å². The Kier molecular flexibility index (Phi) is 5.55. The summed E-state index contributed by atoms with van der Waals surface area (Å²) in [5.74, 6) is -0.155. The molecule has 5 heteroatoms. The molecule has 1 aromatic rings. The third kappa shape index (κ3) is 4.91. The van der Waals surface area contributed by atoms with Gasteiger partial charge < -0.3 is 16.4 Å². The molecule has 0 heterocycles. The lowest BCUT2D eigenvalue weighted by molar-refractivity contribution is -0.129. The molecule has 0 aromatic heterocycles. The monoisotopic (exact) mass is 277 g/mol. The quantitative estimate of drug-likeness (QED) is 0.681. The Bertz CT molecular complexity index is 484. The van der Waals surface area contributed by atoms with Crippen LogP contribution in [-0.4, -0.2) is 25.4 Å². The molecule has 0 unspecified atom stereocenters. The molecule has 1 rings (SSSR count). The molecule has 1 aromatic carbocycles. The van der Waals surface area contributed by atoms with E-state index < -0.39 is 5.41 Å². The number of nitrogens with two attached hydrogens (primary N) is 1. The molecule has 0 atom stereocenters. The van der Waals surface area contributed by atoms with Gasteiger partial charge in [0.05, 0.1) is 5.41 Å². The van der Waals surface area contributed by atoms with Crippen molar-refractivity contribution in [3.63, 3.8) is 0 Å². The van der Waals surface area contributed by atoms with E-state index in [0.717, 1.165) is 5.56 Å². The summed E-state index contributed by atoms with van der Waals surface area (Å²) in [4.78, 5) is 23.4. The number of rotatable bonds is 6. The number of anilines is 1. The molecular formula is C15H23N3O2. The fraction of sp³-hybridized carbons (Fsp3) is 0.467. The van der Waals surface area contributed by atoms with E-state index in [1.165, 1.54) is 0 Å². The maximum atomic E-state index is 11.8. The zero-order chi connectivity index (χ0) is 15.2. The van der Waals surface area contributed by atoms with Crippen LogP contribution in [0.3, 0.4) is 0 Å². The van der Waals surface area contributed by atoms with Gasteiger partial charge in [0.2, 0.25) is 11.8 Å². The number of nitrogen functional groups attached to an aromatic ring is 1. The molecule has 5 nitrogen and oxygen atoms in total. The maximum Gasteiger partial charge on any atom is 0.227 e. The number of carbonyl (C=O) groups excluding carboxylic acids is 2. The average Bonchev–Trinajstić information content (AvgIpc) is 2.42. The Morgan fingerprint density at radius 1 is 1.30 bits per heavy atom. The van der Waals surface area contributed by atoms with Gasteiger partial charge in [-0.25, -0.2) is 0 Å². The molecule has 0 saturated carbocycles. The second-order valence-electron chi connectivity index (χ2n) is 5.48. The largest absolute Gasteiger partial charge is 0.399 e. The van der Waals surface area contributed by atoms with Gasteiger partial charge in [-0.3, -0.25) is 9.59 Å². The third-order valence-electron chi connectivity index (χ3n) is 3.16. The molecule has 0 aliphatic heterocycles. The van der Waals surface area contributed by atoms with Crippen LogP contribution in [0.5, 0.6) is 0 Å². The van der Waals surface area contributed by atoms with E-state index in [2.05, 4.69) is 10.6 Å². The van der Waals surface area contributed by atoms with Crippen LogP contribution in [0.25, 0.3) is 0 Å². The van der Waals surface area contributed by atoms with Crippen LogP contribution in [0.1, 0.15) is 25.8 Å². The highest BCUT2D eigenvalue weighted by molar-refractivity contribution is 5.83. The van der Waals surface area contributed by atoms with Crippen molar-refractivity contribution in [3.8, 4) is 0 Å². The van der Waals surface area contributed by atoms with Crippen LogP contribution >= 0.6 is 0 Å². The van der Waals surface area contributed by atoms with Crippen LogP contribution in [0.4, 0.5) is 5.69 Å². The van der Waals surface area contributed by atoms with Gasteiger partial charge in [0.1, 0.15) is 0 Å². The number of hydrogen-bond acceptors (Lipinski definition) is 3. The molecule has 2 amide bonds. The molecule has 0 spiro atoms. The SMILES string of the molecule is CNC(=O)C(C)(C)CNC(=O)CCc1cccc(N)c1. The summed E-state index contributed by atoms with van der Waals surface area (Å²) in [6, 6.07) is 7.49. The van der Waals surface area contributed by atoms with E-state index >= 15 is 0 Å². The summed E-state index contributed by atoms with van der Waals surface area (Å²) in [5, 5.41) is 5.38. The lowest BCUT2D eigenvalue weighted by Gasteiger charge is -2.22. The van der Waals surface area contributed by atoms with Crippen molar-refractivity contribution in [1.82, 2.24) is 10.6 Å². The van der Waals surface area contributed by atoms with Gasteiger partial charge in [0.25, 0.3) is 0 Å². The first-order valence-corrected chi connectivity index (χ1v) is 6.68. The summed E-state index contributed by atoms with van der Waals surface area (Å²) in [6.45, 7) is 3.91. The Balaban J connectivity index is 2.39.